The van der Waals surface area contributed by atoms with Crippen LogP contribution in [0.4, 0.5) is 0 Å². The fourth-order valence-corrected chi connectivity index (χ4v) is 2.95. The molecule has 1 N–H and O–H groups in total. The van der Waals surface area contributed by atoms with E-state index in [0.29, 0.717) is 5.82 Å². The second kappa shape index (κ2) is 5.81. The Hall–Kier alpha value is -2.73. The van der Waals surface area contributed by atoms with E-state index in [4.69, 9.17) is 0 Å². The molecule has 0 aromatic carbocycles. The van der Waals surface area contributed by atoms with E-state index in [1.54, 1.807) is 6.20 Å². The van der Waals surface area contributed by atoms with Crippen LogP contribution >= 0.6 is 0 Å². The first-order chi connectivity index (χ1) is 11.3. The lowest BCUT2D eigenvalue weighted by atomic mass is 10.1. The molecule has 3 aromatic heterocycles. The highest BCUT2D eigenvalue weighted by Crippen LogP contribution is 2.29. The van der Waals surface area contributed by atoms with Crippen molar-refractivity contribution in [3.05, 3.63) is 65.7 Å². The third-order valence-corrected chi connectivity index (χ3v) is 4.11. The Labute approximate surface area is 134 Å². The highest BCUT2D eigenvalue weighted by Gasteiger charge is 2.25. The molecule has 0 fully saturated rings. The number of nitrogens with zero attached hydrogens (tertiary/aromatic N) is 5. The summed E-state index contributed by atoms with van der Waals surface area (Å²) in [5.74, 6) is 0.849. The quantitative estimate of drug-likeness (QED) is 0.801. The van der Waals surface area contributed by atoms with Crippen molar-refractivity contribution < 1.29 is 5.11 Å². The Morgan fingerprint density at radius 3 is 2.74 bits per heavy atom. The Morgan fingerprint density at radius 2 is 1.96 bits per heavy atom. The lowest BCUT2D eigenvalue weighted by molar-refractivity contribution is 0.241. The normalized spacial score (nSPS) is 14.6. The number of fused-ring (bicyclic) bond motifs is 1. The fourth-order valence-electron chi connectivity index (χ4n) is 2.95. The van der Waals surface area contributed by atoms with E-state index < -0.39 is 0 Å². The van der Waals surface area contributed by atoms with Gasteiger partial charge in [0.05, 0.1) is 5.69 Å². The van der Waals surface area contributed by atoms with Gasteiger partial charge in [0.25, 0.3) is 0 Å². The van der Waals surface area contributed by atoms with E-state index in [-0.39, 0.29) is 5.88 Å². The zero-order chi connectivity index (χ0) is 15.6. The molecule has 0 atom stereocenters. The number of rotatable bonds is 3. The van der Waals surface area contributed by atoms with Crippen molar-refractivity contribution >= 4 is 0 Å². The summed E-state index contributed by atoms with van der Waals surface area (Å²) in [5, 5.41) is 15.0. The van der Waals surface area contributed by atoms with Crippen molar-refractivity contribution in [1.29, 1.82) is 0 Å². The zero-order valence-electron chi connectivity index (χ0n) is 12.6. The van der Waals surface area contributed by atoms with Crippen LogP contribution in [0.5, 0.6) is 5.88 Å². The minimum Gasteiger partial charge on any atom is -0.493 e. The lowest BCUT2D eigenvalue weighted by Crippen LogP contribution is -2.29. The summed E-state index contributed by atoms with van der Waals surface area (Å²) in [7, 11) is 0. The average molecular weight is 307 g/mol. The monoisotopic (exact) mass is 307 g/mol. The van der Waals surface area contributed by atoms with E-state index in [0.717, 1.165) is 37.3 Å². The first-order valence-corrected chi connectivity index (χ1v) is 7.63. The maximum atomic E-state index is 10.4. The second-order valence-electron chi connectivity index (χ2n) is 5.66. The van der Waals surface area contributed by atoms with Gasteiger partial charge in [0.15, 0.2) is 5.82 Å². The molecule has 23 heavy (non-hydrogen) atoms. The lowest BCUT2D eigenvalue weighted by Gasteiger charge is -2.25. The summed E-state index contributed by atoms with van der Waals surface area (Å²) < 4.78 is 1.53. The minimum atomic E-state index is 0.210. The predicted molar refractivity (Wildman–Crippen MR) is 85.1 cm³/mol. The van der Waals surface area contributed by atoms with Crippen LogP contribution in [0.25, 0.3) is 5.82 Å². The van der Waals surface area contributed by atoms with E-state index in [1.165, 1.54) is 10.2 Å². The molecule has 0 saturated heterocycles. The maximum absolute atomic E-state index is 10.4. The molecule has 0 unspecified atom stereocenters. The van der Waals surface area contributed by atoms with Crippen LogP contribution in [0, 0.1) is 0 Å². The van der Waals surface area contributed by atoms with Gasteiger partial charge in [-0.05, 0) is 36.2 Å². The minimum absolute atomic E-state index is 0.210. The molecule has 0 aliphatic carbocycles. The van der Waals surface area contributed by atoms with Crippen LogP contribution in [0.1, 0.15) is 16.8 Å². The van der Waals surface area contributed by atoms with Crippen LogP contribution < -0.4 is 0 Å². The summed E-state index contributed by atoms with van der Waals surface area (Å²) >= 11 is 0. The smallest absolute Gasteiger partial charge is 0.219 e. The Bertz CT molecular complexity index is 801. The van der Waals surface area contributed by atoms with Crippen molar-refractivity contribution in [2.75, 3.05) is 6.54 Å². The number of pyridine rings is 2. The van der Waals surface area contributed by atoms with E-state index in [2.05, 4.69) is 20.0 Å². The average Bonchev–Trinajstić information content (AvgIpc) is 2.93. The van der Waals surface area contributed by atoms with Gasteiger partial charge in [-0.3, -0.25) is 9.88 Å². The second-order valence-corrected chi connectivity index (χ2v) is 5.66. The molecule has 0 saturated carbocycles. The van der Waals surface area contributed by atoms with Gasteiger partial charge in [0.1, 0.15) is 0 Å². The van der Waals surface area contributed by atoms with Crippen molar-refractivity contribution in [2.24, 2.45) is 0 Å². The van der Waals surface area contributed by atoms with Gasteiger partial charge in [-0.1, -0.05) is 6.07 Å². The van der Waals surface area contributed by atoms with E-state index in [9.17, 15) is 5.11 Å². The highest BCUT2D eigenvalue weighted by atomic mass is 16.3. The van der Waals surface area contributed by atoms with Crippen molar-refractivity contribution in [3.63, 3.8) is 0 Å². The third kappa shape index (κ3) is 2.68. The molecule has 0 spiro atoms. The van der Waals surface area contributed by atoms with Crippen LogP contribution in [-0.4, -0.2) is 36.3 Å². The first kappa shape index (κ1) is 13.9. The molecule has 4 rings (SSSR count). The predicted octanol–water partition coefficient (Wildman–Crippen LogP) is 1.93. The fraction of sp³-hybridized carbons (Fsp3) is 0.235. The Kier molecular flexibility index (Phi) is 3.51. The maximum Gasteiger partial charge on any atom is 0.219 e. The van der Waals surface area contributed by atoms with Gasteiger partial charge < -0.3 is 5.11 Å². The standard InChI is InChI=1S/C17H17N5O/c23-17-14-6-10-21(11-13-4-8-18-9-5-13)12-15(14)20-22(17)16-3-1-2-7-19-16/h1-5,7-9,23H,6,10-12H2. The van der Waals surface area contributed by atoms with Crippen molar-refractivity contribution in [2.45, 2.75) is 19.5 Å². The molecule has 6 nitrogen and oxygen atoms in total. The van der Waals surface area contributed by atoms with Crippen LogP contribution in [0.2, 0.25) is 0 Å². The van der Waals surface area contributed by atoms with Crippen LogP contribution in [0.15, 0.2) is 48.9 Å². The molecular formula is C17H17N5O. The van der Waals surface area contributed by atoms with E-state index >= 15 is 0 Å². The molecule has 3 aromatic rings. The van der Waals surface area contributed by atoms with Gasteiger partial charge in [-0.15, -0.1) is 0 Å². The molecule has 1 aliphatic rings. The number of hydrogen-bond acceptors (Lipinski definition) is 5. The molecular weight excluding hydrogens is 290 g/mol. The van der Waals surface area contributed by atoms with Crippen LogP contribution in [0.3, 0.4) is 0 Å². The van der Waals surface area contributed by atoms with Gasteiger partial charge >= 0.3 is 0 Å². The van der Waals surface area contributed by atoms with Gasteiger partial charge in [0.2, 0.25) is 5.88 Å². The Morgan fingerprint density at radius 1 is 1.09 bits per heavy atom. The molecule has 4 heterocycles. The molecule has 0 bridgehead atoms. The van der Waals surface area contributed by atoms with Crippen molar-refractivity contribution in [3.8, 4) is 11.7 Å². The first-order valence-electron chi connectivity index (χ1n) is 7.63. The summed E-state index contributed by atoms with van der Waals surface area (Å²) in [6.07, 6.45) is 6.11. The van der Waals surface area contributed by atoms with Crippen molar-refractivity contribution in [1.82, 2.24) is 24.6 Å². The topological polar surface area (TPSA) is 67.1 Å². The summed E-state index contributed by atoms with van der Waals surface area (Å²) in [5.41, 5.74) is 3.09. The molecule has 6 heteroatoms. The molecule has 0 amide bonds. The largest absolute Gasteiger partial charge is 0.493 e. The summed E-state index contributed by atoms with van der Waals surface area (Å²) in [4.78, 5) is 10.6. The molecule has 1 aliphatic heterocycles. The van der Waals surface area contributed by atoms with Gasteiger partial charge in [0, 0.05) is 43.8 Å². The summed E-state index contributed by atoms with van der Waals surface area (Å²) in [6, 6.07) is 9.63. The summed E-state index contributed by atoms with van der Waals surface area (Å²) in [6.45, 7) is 2.49. The number of aromatic nitrogens is 4. The SMILES string of the molecule is Oc1c2c(nn1-c1ccccn1)CN(Cc1ccncc1)CC2. The zero-order valence-corrected chi connectivity index (χ0v) is 12.6. The van der Waals surface area contributed by atoms with Gasteiger partial charge in [-0.25, -0.2) is 4.98 Å². The highest BCUT2D eigenvalue weighted by molar-refractivity contribution is 5.38. The Balaban J connectivity index is 1.58. The molecule has 116 valence electrons. The number of hydrogen-bond donors (Lipinski definition) is 1. The third-order valence-electron chi connectivity index (χ3n) is 4.11. The number of aromatic hydroxyl groups is 1. The van der Waals surface area contributed by atoms with E-state index in [1.807, 2.05) is 42.7 Å². The van der Waals surface area contributed by atoms with Gasteiger partial charge in [-0.2, -0.15) is 9.78 Å². The van der Waals surface area contributed by atoms with Crippen LogP contribution in [-0.2, 0) is 19.5 Å². The molecule has 0 radical (unpaired) electrons.